The highest BCUT2D eigenvalue weighted by molar-refractivity contribution is 7.99. The van der Waals surface area contributed by atoms with Crippen LogP contribution in [-0.2, 0) is 6.42 Å². The molecule has 2 rings (SSSR count). The van der Waals surface area contributed by atoms with Gasteiger partial charge < -0.3 is 10.4 Å². The van der Waals surface area contributed by atoms with E-state index >= 15 is 0 Å². The van der Waals surface area contributed by atoms with Crippen LogP contribution in [0.15, 0.2) is 60.7 Å². The third-order valence-corrected chi connectivity index (χ3v) is 4.93. The first kappa shape index (κ1) is 16.1. The third kappa shape index (κ3) is 4.88. The summed E-state index contributed by atoms with van der Waals surface area (Å²) in [6.45, 7) is 0.218. The molecule has 3 heteroatoms. The van der Waals surface area contributed by atoms with Crippen LogP contribution in [0.1, 0.15) is 16.4 Å². The van der Waals surface area contributed by atoms with Gasteiger partial charge in [0.1, 0.15) is 0 Å². The Labute approximate surface area is 131 Å². The highest BCUT2D eigenvalue weighted by Gasteiger charge is 2.22. The zero-order chi connectivity index (χ0) is 14.9. The lowest BCUT2D eigenvalue weighted by atomic mass is 9.98. The summed E-state index contributed by atoms with van der Waals surface area (Å²) in [5.41, 5.74) is 2.65. The molecule has 0 aliphatic carbocycles. The Bertz CT molecular complexity index is 503. The molecule has 0 aliphatic heterocycles. The SMILES string of the molecule is CNC(Cc1ccccc1)C(SCCO)c1ccccc1. The van der Waals surface area contributed by atoms with Crippen LogP contribution in [0.2, 0.25) is 0 Å². The van der Waals surface area contributed by atoms with Gasteiger partial charge in [-0.3, -0.25) is 0 Å². The minimum absolute atomic E-state index is 0.218. The van der Waals surface area contributed by atoms with Crippen molar-refractivity contribution >= 4 is 11.8 Å². The van der Waals surface area contributed by atoms with Crippen LogP contribution in [0.25, 0.3) is 0 Å². The van der Waals surface area contributed by atoms with Crippen LogP contribution in [0.4, 0.5) is 0 Å². The Balaban J connectivity index is 2.16. The Morgan fingerprint density at radius 1 is 1.00 bits per heavy atom. The molecule has 0 saturated heterocycles. The number of hydrogen-bond acceptors (Lipinski definition) is 3. The van der Waals surface area contributed by atoms with Crippen LogP contribution < -0.4 is 5.32 Å². The maximum Gasteiger partial charge on any atom is 0.0521 e. The second-order valence-corrected chi connectivity index (χ2v) is 6.26. The summed E-state index contributed by atoms with van der Waals surface area (Å²) < 4.78 is 0. The Morgan fingerprint density at radius 3 is 2.19 bits per heavy atom. The maximum absolute atomic E-state index is 9.17. The molecule has 0 fully saturated rings. The second-order valence-electron chi connectivity index (χ2n) is 5.01. The van der Waals surface area contributed by atoms with Crippen molar-refractivity contribution in [1.82, 2.24) is 5.32 Å². The van der Waals surface area contributed by atoms with Crippen LogP contribution >= 0.6 is 11.8 Å². The van der Waals surface area contributed by atoms with Gasteiger partial charge in [0.15, 0.2) is 0 Å². The van der Waals surface area contributed by atoms with Crippen molar-refractivity contribution in [2.45, 2.75) is 17.7 Å². The van der Waals surface area contributed by atoms with Crippen molar-refractivity contribution < 1.29 is 5.11 Å². The Morgan fingerprint density at radius 2 is 1.62 bits per heavy atom. The van der Waals surface area contributed by atoms with Crippen molar-refractivity contribution in [3.8, 4) is 0 Å². The van der Waals surface area contributed by atoms with Gasteiger partial charge in [-0.15, -0.1) is 11.8 Å². The van der Waals surface area contributed by atoms with Gasteiger partial charge >= 0.3 is 0 Å². The van der Waals surface area contributed by atoms with Gasteiger partial charge in [0.2, 0.25) is 0 Å². The molecule has 0 amide bonds. The first-order chi connectivity index (χ1) is 10.3. The summed E-state index contributed by atoms with van der Waals surface area (Å²) in [4.78, 5) is 0. The first-order valence-corrected chi connectivity index (χ1v) is 8.38. The molecule has 2 aromatic rings. The number of hydrogen-bond donors (Lipinski definition) is 2. The van der Waals surface area contributed by atoms with Gasteiger partial charge in [-0.05, 0) is 24.6 Å². The number of aliphatic hydroxyl groups excluding tert-OH is 1. The molecule has 2 N–H and O–H groups in total. The number of aliphatic hydroxyl groups is 1. The molecule has 0 radical (unpaired) electrons. The molecule has 0 spiro atoms. The molecule has 21 heavy (non-hydrogen) atoms. The highest BCUT2D eigenvalue weighted by Crippen LogP contribution is 2.33. The van der Waals surface area contributed by atoms with Gasteiger partial charge in [-0.25, -0.2) is 0 Å². The quantitative estimate of drug-likeness (QED) is 0.785. The van der Waals surface area contributed by atoms with E-state index in [2.05, 4.69) is 53.8 Å². The zero-order valence-corrected chi connectivity index (χ0v) is 13.2. The molecule has 2 aromatic carbocycles. The molecule has 0 saturated carbocycles. The normalized spacial score (nSPS) is 13.8. The summed E-state index contributed by atoms with van der Waals surface area (Å²) in [6, 6.07) is 21.4. The Kier molecular flexibility index (Phi) is 6.80. The third-order valence-electron chi connectivity index (χ3n) is 3.55. The molecule has 2 unspecified atom stereocenters. The number of rotatable bonds is 8. The summed E-state index contributed by atoms with van der Waals surface area (Å²) >= 11 is 1.81. The van der Waals surface area contributed by atoms with Crippen LogP contribution in [0.3, 0.4) is 0 Å². The lowest BCUT2D eigenvalue weighted by Crippen LogP contribution is -2.33. The van der Waals surface area contributed by atoms with E-state index < -0.39 is 0 Å². The number of thioether (sulfide) groups is 1. The van der Waals surface area contributed by atoms with E-state index in [-0.39, 0.29) is 6.61 Å². The molecule has 2 nitrogen and oxygen atoms in total. The van der Waals surface area contributed by atoms with Crippen LogP contribution in [-0.4, -0.2) is 30.6 Å². The van der Waals surface area contributed by atoms with Gasteiger partial charge in [0, 0.05) is 17.0 Å². The highest BCUT2D eigenvalue weighted by atomic mass is 32.2. The second kappa shape index (κ2) is 8.88. The molecule has 0 aliphatic rings. The molecule has 0 aromatic heterocycles. The minimum atomic E-state index is 0.218. The van der Waals surface area contributed by atoms with E-state index in [4.69, 9.17) is 5.11 Å². The molecular formula is C18H23NOS. The van der Waals surface area contributed by atoms with Crippen molar-refractivity contribution in [2.75, 3.05) is 19.4 Å². The monoisotopic (exact) mass is 301 g/mol. The lowest BCUT2D eigenvalue weighted by Gasteiger charge is -2.27. The average Bonchev–Trinajstić information content (AvgIpc) is 2.56. The number of benzene rings is 2. The van der Waals surface area contributed by atoms with Crippen molar-refractivity contribution in [2.24, 2.45) is 0 Å². The largest absolute Gasteiger partial charge is 0.396 e. The molecule has 112 valence electrons. The summed E-state index contributed by atoms with van der Waals surface area (Å²) in [5.74, 6) is 0.756. The number of nitrogens with one attached hydrogen (secondary N) is 1. The fourth-order valence-corrected chi connectivity index (χ4v) is 3.67. The number of likely N-dealkylation sites (N-methyl/N-ethyl adjacent to an activating group) is 1. The summed E-state index contributed by atoms with van der Waals surface area (Å²) in [6.07, 6.45) is 0.981. The van der Waals surface area contributed by atoms with Crippen molar-refractivity contribution in [3.05, 3.63) is 71.8 Å². The minimum Gasteiger partial charge on any atom is -0.396 e. The van der Waals surface area contributed by atoms with E-state index in [0.717, 1.165) is 12.2 Å². The predicted molar refractivity (Wildman–Crippen MR) is 91.7 cm³/mol. The predicted octanol–water partition coefficient (Wildman–Crippen LogP) is 3.28. The summed E-state index contributed by atoms with van der Waals surface area (Å²) in [7, 11) is 2.02. The van der Waals surface area contributed by atoms with Gasteiger partial charge in [-0.2, -0.15) is 0 Å². The fourth-order valence-electron chi connectivity index (χ4n) is 2.50. The molecule has 0 heterocycles. The van der Waals surface area contributed by atoms with Crippen molar-refractivity contribution in [3.63, 3.8) is 0 Å². The van der Waals surface area contributed by atoms with Crippen LogP contribution in [0, 0.1) is 0 Å². The molecule has 2 atom stereocenters. The van der Waals surface area contributed by atoms with E-state index in [0.29, 0.717) is 11.3 Å². The topological polar surface area (TPSA) is 32.3 Å². The van der Waals surface area contributed by atoms with E-state index in [1.165, 1.54) is 11.1 Å². The van der Waals surface area contributed by atoms with E-state index in [1.54, 1.807) is 0 Å². The zero-order valence-electron chi connectivity index (χ0n) is 12.4. The van der Waals surface area contributed by atoms with Gasteiger partial charge in [0.05, 0.1) is 6.61 Å². The van der Waals surface area contributed by atoms with E-state index in [1.807, 2.05) is 30.9 Å². The summed E-state index contributed by atoms with van der Waals surface area (Å²) in [5, 5.41) is 13.0. The first-order valence-electron chi connectivity index (χ1n) is 7.33. The Hall–Kier alpha value is -1.29. The average molecular weight is 301 g/mol. The molecular weight excluding hydrogens is 278 g/mol. The lowest BCUT2D eigenvalue weighted by molar-refractivity contribution is 0.322. The van der Waals surface area contributed by atoms with E-state index in [9.17, 15) is 0 Å². The van der Waals surface area contributed by atoms with Gasteiger partial charge in [-0.1, -0.05) is 60.7 Å². The van der Waals surface area contributed by atoms with Crippen molar-refractivity contribution in [1.29, 1.82) is 0 Å². The standard InChI is InChI=1S/C18H23NOS/c1-19-17(14-15-8-4-2-5-9-15)18(21-13-12-20)16-10-6-3-7-11-16/h2-11,17-20H,12-14H2,1H3. The van der Waals surface area contributed by atoms with Gasteiger partial charge in [0.25, 0.3) is 0 Å². The van der Waals surface area contributed by atoms with Crippen LogP contribution in [0.5, 0.6) is 0 Å². The maximum atomic E-state index is 9.17. The smallest absolute Gasteiger partial charge is 0.0521 e. The fraction of sp³-hybridized carbons (Fsp3) is 0.333. The molecule has 0 bridgehead atoms.